The van der Waals surface area contributed by atoms with Gasteiger partial charge in [0.15, 0.2) is 0 Å². The summed E-state index contributed by atoms with van der Waals surface area (Å²) in [4.78, 5) is 27.1. The molecule has 2 amide bonds. The van der Waals surface area contributed by atoms with Gasteiger partial charge in [-0.15, -0.1) is 0 Å². The number of hydrogen-bond acceptors (Lipinski definition) is 7. The molecule has 9 heteroatoms. The zero-order chi connectivity index (χ0) is 18.4. The minimum atomic E-state index is -0.304. The summed E-state index contributed by atoms with van der Waals surface area (Å²) in [5, 5.41) is 5.77. The first-order valence-electron chi connectivity index (χ1n) is 8.37. The first-order valence-corrected chi connectivity index (χ1v) is 8.37. The Morgan fingerprint density at radius 1 is 1.27 bits per heavy atom. The first kappa shape index (κ1) is 17.7. The van der Waals surface area contributed by atoms with Crippen LogP contribution >= 0.6 is 0 Å². The van der Waals surface area contributed by atoms with Gasteiger partial charge in [0, 0.05) is 37.6 Å². The van der Waals surface area contributed by atoms with Gasteiger partial charge < -0.3 is 25.0 Å². The van der Waals surface area contributed by atoms with Gasteiger partial charge in [-0.1, -0.05) is 0 Å². The third kappa shape index (κ3) is 4.29. The van der Waals surface area contributed by atoms with Crippen molar-refractivity contribution in [2.24, 2.45) is 0 Å². The number of piperidine rings is 1. The van der Waals surface area contributed by atoms with Crippen LogP contribution in [-0.2, 0) is 0 Å². The van der Waals surface area contributed by atoms with E-state index in [0.29, 0.717) is 24.0 Å². The van der Waals surface area contributed by atoms with Crippen LogP contribution in [-0.4, -0.2) is 54.3 Å². The number of carbonyl (C=O) groups is 1. The lowest BCUT2D eigenvalue weighted by molar-refractivity contribution is 0.246. The van der Waals surface area contributed by atoms with E-state index in [-0.39, 0.29) is 12.1 Å². The van der Waals surface area contributed by atoms with Crippen LogP contribution < -0.4 is 25.0 Å². The lowest BCUT2D eigenvalue weighted by Gasteiger charge is -2.33. The molecule has 0 spiro atoms. The zero-order valence-corrected chi connectivity index (χ0v) is 14.8. The molecule has 3 heterocycles. The summed E-state index contributed by atoms with van der Waals surface area (Å²) in [6, 6.07) is 3.06. The highest BCUT2D eigenvalue weighted by Crippen LogP contribution is 2.24. The SMILES string of the molecule is COc1ccc(NC(=O)N[C@@H]2CCCN(c3cnccn3)C2)c(OC)n1. The van der Waals surface area contributed by atoms with Crippen molar-refractivity contribution in [3.63, 3.8) is 0 Å². The lowest BCUT2D eigenvalue weighted by Crippen LogP contribution is -2.49. The standard InChI is InChI=1S/C17H22N6O3/c1-25-15-6-5-13(16(22-15)26-2)21-17(24)20-12-4-3-9-23(11-12)14-10-18-7-8-19-14/h5-8,10,12H,3-4,9,11H2,1-2H3,(H2,20,21,24)/t12-/m1/s1. The Hall–Kier alpha value is -3.10. The Morgan fingerprint density at radius 2 is 2.15 bits per heavy atom. The molecule has 0 bridgehead atoms. The molecular formula is C17H22N6O3. The van der Waals surface area contributed by atoms with Crippen molar-refractivity contribution in [3.05, 3.63) is 30.7 Å². The van der Waals surface area contributed by atoms with Gasteiger partial charge in [-0.25, -0.2) is 9.78 Å². The van der Waals surface area contributed by atoms with E-state index < -0.39 is 0 Å². The molecule has 1 aliphatic rings. The number of anilines is 2. The van der Waals surface area contributed by atoms with Crippen molar-refractivity contribution in [1.29, 1.82) is 0 Å². The average molecular weight is 358 g/mol. The summed E-state index contributed by atoms with van der Waals surface area (Å²) in [6.45, 7) is 1.58. The van der Waals surface area contributed by atoms with E-state index in [1.165, 1.54) is 14.2 Å². The monoisotopic (exact) mass is 358 g/mol. The van der Waals surface area contributed by atoms with Crippen molar-refractivity contribution in [1.82, 2.24) is 20.3 Å². The van der Waals surface area contributed by atoms with Gasteiger partial charge in [-0.05, 0) is 18.9 Å². The van der Waals surface area contributed by atoms with Crippen LogP contribution in [0.5, 0.6) is 11.8 Å². The molecule has 138 valence electrons. The van der Waals surface area contributed by atoms with Crippen LogP contribution in [0.4, 0.5) is 16.3 Å². The minimum Gasteiger partial charge on any atom is -0.481 e. The van der Waals surface area contributed by atoms with Crippen molar-refractivity contribution < 1.29 is 14.3 Å². The quantitative estimate of drug-likeness (QED) is 0.838. The summed E-state index contributed by atoms with van der Waals surface area (Å²) in [5.41, 5.74) is 0.479. The molecule has 2 aromatic heterocycles. The maximum absolute atomic E-state index is 12.4. The lowest BCUT2D eigenvalue weighted by atomic mass is 10.1. The highest BCUT2D eigenvalue weighted by Gasteiger charge is 2.23. The number of nitrogens with one attached hydrogen (secondary N) is 2. The third-order valence-electron chi connectivity index (χ3n) is 4.12. The van der Waals surface area contributed by atoms with E-state index >= 15 is 0 Å². The second kappa shape index (κ2) is 8.32. The molecule has 9 nitrogen and oxygen atoms in total. The highest BCUT2D eigenvalue weighted by molar-refractivity contribution is 5.90. The predicted molar refractivity (Wildman–Crippen MR) is 96.8 cm³/mol. The van der Waals surface area contributed by atoms with E-state index in [2.05, 4.69) is 30.5 Å². The van der Waals surface area contributed by atoms with Gasteiger partial charge in [0.2, 0.25) is 11.8 Å². The summed E-state index contributed by atoms with van der Waals surface area (Å²) in [5.74, 6) is 1.53. The molecule has 3 rings (SSSR count). The number of carbonyl (C=O) groups excluding carboxylic acids is 1. The number of pyridine rings is 1. The summed E-state index contributed by atoms with van der Waals surface area (Å²) in [7, 11) is 3.01. The Bertz CT molecular complexity index is 743. The molecule has 0 unspecified atom stereocenters. The highest BCUT2D eigenvalue weighted by atomic mass is 16.5. The topological polar surface area (TPSA) is 102 Å². The third-order valence-corrected chi connectivity index (χ3v) is 4.12. The minimum absolute atomic E-state index is 0.0166. The number of rotatable bonds is 5. The molecule has 0 saturated carbocycles. The molecule has 1 fully saturated rings. The van der Waals surface area contributed by atoms with Crippen LogP contribution in [0.1, 0.15) is 12.8 Å². The molecular weight excluding hydrogens is 336 g/mol. The van der Waals surface area contributed by atoms with Gasteiger partial charge in [0.25, 0.3) is 0 Å². The first-order chi connectivity index (χ1) is 12.7. The Kier molecular flexibility index (Phi) is 5.67. The fourth-order valence-electron chi connectivity index (χ4n) is 2.89. The second-order valence-electron chi connectivity index (χ2n) is 5.86. The number of hydrogen-bond donors (Lipinski definition) is 2. The van der Waals surface area contributed by atoms with Crippen LogP contribution in [0.3, 0.4) is 0 Å². The largest absolute Gasteiger partial charge is 0.481 e. The normalized spacial score (nSPS) is 16.7. The molecule has 2 N–H and O–H groups in total. The van der Waals surface area contributed by atoms with Crippen LogP contribution in [0.15, 0.2) is 30.7 Å². The predicted octanol–water partition coefficient (Wildman–Crippen LogP) is 1.68. The van der Waals surface area contributed by atoms with Gasteiger partial charge in [0.1, 0.15) is 11.5 Å². The fraction of sp³-hybridized carbons (Fsp3) is 0.412. The maximum atomic E-state index is 12.4. The number of nitrogens with zero attached hydrogens (tertiary/aromatic N) is 4. The van der Waals surface area contributed by atoms with Crippen molar-refractivity contribution in [3.8, 4) is 11.8 Å². The Balaban J connectivity index is 1.59. The van der Waals surface area contributed by atoms with E-state index in [9.17, 15) is 4.79 Å². The maximum Gasteiger partial charge on any atom is 0.319 e. The van der Waals surface area contributed by atoms with Crippen LogP contribution in [0.2, 0.25) is 0 Å². The van der Waals surface area contributed by atoms with E-state index in [0.717, 1.165) is 25.2 Å². The summed E-state index contributed by atoms with van der Waals surface area (Å²) < 4.78 is 10.3. The molecule has 0 aromatic carbocycles. The van der Waals surface area contributed by atoms with Gasteiger partial charge in [-0.3, -0.25) is 4.98 Å². The van der Waals surface area contributed by atoms with E-state index in [1.54, 1.807) is 30.7 Å². The van der Waals surface area contributed by atoms with Gasteiger partial charge in [-0.2, -0.15) is 4.98 Å². The number of amides is 2. The smallest absolute Gasteiger partial charge is 0.319 e. The molecule has 1 aliphatic heterocycles. The molecule has 2 aromatic rings. The number of urea groups is 1. The van der Waals surface area contributed by atoms with Crippen molar-refractivity contribution >= 4 is 17.5 Å². The second-order valence-corrected chi connectivity index (χ2v) is 5.86. The molecule has 1 atom stereocenters. The Morgan fingerprint density at radius 3 is 2.88 bits per heavy atom. The van der Waals surface area contributed by atoms with Crippen molar-refractivity contribution in [2.75, 3.05) is 37.5 Å². The van der Waals surface area contributed by atoms with Gasteiger partial charge in [0.05, 0.1) is 20.4 Å². The van der Waals surface area contributed by atoms with Crippen LogP contribution in [0, 0.1) is 0 Å². The number of ether oxygens (including phenoxy) is 2. The van der Waals surface area contributed by atoms with Crippen molar-refractivity contribution in [2.45, 2.75) is 18.9 Å². The van der Waals surface area contributed by atoms with E-state index in [1.807, 2.05) is 0 Å². The molecule has 0 radical (unpaired) electrons. The fourth-order valence-corrected chi connectivity index (χ4v) is 2.89. The molecule has 0 aliphatic carbocycles. The van der Waals surface area contributed by atoms with Crippen LogP contribution in [0.25, 0.3) is 0 Å². The number of aromatic nitrogens is 3. The summed E-state index contributed by atoms with van der Waals surface area (Å²) in [6.07, 6.45) is 6.92. The average Bonchev–Trinajstić information content (AvgIpc) is 2.69. The van der Waals surface area contributed by atoms with Gasteiger partial charge >= 0.3 is 6.03 Å². The zero-order valence-electron chi connectivity index (χ0n) is 14.8. The van der Waals surface area contributed by atoms with E-state index in [4.69, 9.17) is 9.47 Å². The Labute approximate surface area is 151 Å². The molecule has 1 saturated heterocycles. The number of methoxy groups -OCH3 is 2. The summed E-state index contributed by atoms with van der Waals surface area (Å²) >= 11 is 0. The molecule has 26 heavy (non-hydrogen) atoms.